The normalized spacial score (nSPS) is 15.5. The molecule has 0 spiro atoms. The highest BCUT2D eigenvalue weighted by molar-refractivity contribution is 5.96. The van der Waals surface area contributed by atoms with Gasteiger partial charge in [-0.25, -0.2) is 0 Å². The Labute approximate surface area is 150 Å². The van der Waals surface area contributed by atoms with Gasteiger partial charge in [0.05, 0.1) is 0 Å². The fraction of sp³-hybridized carbons (Fsp3) is 0.381. The van der Waals surface area contributed by atoms with Crippen molar-refractivity contribution in [3.05, 3.63) is 54.1 Å². The number of hydrogen-bond acceptors (Lipinski definition) is 3. The SMILES string of the molecule is Cc1ccccc1NC(=O)[C@@H](C)Nc1ccc(N2CCCCC2)cc1. The molecule has 132 valence electrons. The van der Waals surface area contributed by atoms with Crippen LogP contribution >= 0.6 is 0 Å². The molecular formula is C21H27N3O. The lowest BCUT2D eigenvalue weighted by atomic mass is 10.1. The Morgan fingerprint density at radius 2 is 1.68 bits per heavy atom. The van der Waals surface area contributed by atoms with Crippen molar-refractivity contribution in [1.82, 2.24) is 0 Å². The first-order valence-electron chi connectivity index (χ1n) is 9.11. The standard InChI is InChI=1S/C21H27N3O/c1-16-8-4-5-9-20(16)23-21(25)17(2)22-18-10-12-19(13-11-18)24-14-6-3-7-15-24/h4-5,8-13,17,22H,3,6-7,14-15H2,1-2H3,(H,23,25)/t17-/m1/s1. The molecule has 2 aromatic rings. The Morgan fingerprint density at radius 1 is 1.00 bits per heavy atom. The fourth-order valence-electron chi connectivity index (χ4n) is 3.19. The molecule has 0 unspecified atom stereocenters. The number of carbonyl (C=O) groups is 1. The number of para-hydroxylation sites is 1. The number of nitrogens with one attached hydrogen (secondary N) is 2. The van der Waals surface area contributed by atoms with Crippen LogP contribution in [0.4, 0.5) is 17.1 Å². The third-order valence-corrected chi connectivity index (χ3v) is 4.77. The van der Waals surface area contributed by atoms with Gasteiger partial charge in [0.2, 0.25) is 5.91 Å². The van der Waals surface area contributed by atoms with Crippen molar-refractivity contribution < 1.29 is 4.79 Å². The van der Waals surface area contributed by atoms with Crippen molar-refractivity contribution in [2.24, 2.45) is 0 Å². The molecule has 1 fully saturated rings. The predicted molar refractivity (Wildman–Crippen MR) is 105 cm³/mol. The van der Waals surface area contributed by atoms with E-state index in [0.29, 0.717) is 0 Å². The molecule has 1 saturated heterocycles. The summed E-state index contributed by atoms with van der Waals surface area (Å²) < 4.78 is 0. The van der Waals surface area contributed by atoms with Crippen LogP contribution in [-0.4, -0.2) is 25.0 Å². The van der Waals surface area contributed by atoms with E-state index in [1.807, 2.05) is 38.1 Å². The van der Waals surface area contributed by atoms with E-state index in [2.05, 4.69) is 39.8 Å². The highest BCUT2D eigenvalue weighted by Gasteiger charge is 2.14. The molecule has 1 aliphatic rings. The van der Waals surface area contributed by atoms with Gasteiger partial charge in [0, 0.05) is 30.2 Å². The van der Waals surface area contributed by atoms with E-state index in [9.17, 15) is 4.79 Å². The lowest BCUT2D eigenvalue weighted by Crippen LogP contribution is -2.32. The smallest absolute Gasteiger partial charge is 0.246 e. The van der Waals surface area contributed by atoms with Crippen LogP contribution in [0, 0.1) is 6.92 Å². The summed E-state index contributed by atoms with van der Waals surface area (Å²) >= 11 is 0. The maximum Gasteiger partial charge on any atom is 0.246 e. The van der Waals surface area contributed by atoms with Gasteiger partial charge in [-0.05, 0) is 69.0 Å². The lowest BCUT2D eigenvalue weighted by Gasteiger charge is -2.29. The molecule has 4 heteroatoms. The average molecular weight is 337 g/mol. The van der Waals surface area contributed by atoms with Gasteiger partial charge in [0.1, 0.15) is 6.04 Å². The molecule has 4 nitrogen and oxygen atoms in total. The summed E-state index contributed by atoms with van der Waals surface area (Å²) in [5.74, 6) is -0.0330. The van der Waals surface area contributed by atoms with Gasteiger partial charge < -0.3 is 15.5 Å². The largest absolute Gasteiger partial charge is 0.374 e. The predicted octanol–water partition coefficient (Wildman–Crippen LogP) is 4.42. The highest BCUT2D eigenvalue weighted by Crippen LogP contribution is 2.22. The van der Waals surface area contributed by atoms with Crippen molar-refractivity contribution in [1.29, 1.82) is 0 Å². The summed E-state index contributed by atoms with van der Waals surface area (Å²) in [7, 11) is 0. The molecule has 1 atom stereocenters. The average Bonchev–Trinajstić information content (AvgIpc) is 2.65. The van der Waals surface area contributed by atoms with Gasteiger partial charge in [-0.2, -0.15) is 0 Å². The Hall–Kier alpha value is -2.49. The van der Waals surface area contributed by atoms with Gasteiger partial charge in [-0.1, -0.05) is 18.2 Å². The number of aryl methyl sites for hydroxylation is 1. The molecule has 3 rings (SSSR count). The van der Waals surface area contributed by atoms with Crippen molar-refractivity contribution in [3.63, 3.8) is 0 Å². The van der Waals surface area contributed by atoms with E-state index >= 15 is 0 Å². The van der Waals surface area contributed by atoms with Crippen LogP contribution in [0.15, 0.2) is 48.5 Å². The summed E-state index contributed by atoms with van der Waals surface area (Å²) in [6, 6.07) is 15.9. The molecule has 25 heavy (non-hydrogen) atoms. The van der Waals surface area contributed by atoms with Crippen molar-refractivity contribution in [3.8, 4) is 0 Å². The number of rotatable bonds is 5. The maximum absolute atomic E-state index is 12.4. The molecular weight excluding hydrogens is 310 g/mol. The zero-order chi connectivity index (χ0) is 17.6. The van der Waals surface area contributed by atoms with Crippen molar-refractivity contribution in [2.45, 2.75) is 39.2 Å². The first-order valence-corrected chi connectivity index (χ1v) is 9.11. The van der Waals surface area contributed by atoms with Crippen LogP contribution in [0.2, 0.25) is 0 Å². The Balaban J connectivity index is 1.57. The second-order valence-corrected chi connectivity index (χ2v) is 6.76. The van der Waals surface area contributed by atoms with E-state index < -0.39 is 0 Å². The number of carbonyl (C=O) groups excluding carboxylic acids is 1. The molecule has 2 N–H and O–H groups in total. The van der Waals surface area contributed by atoms with E-state index in [1.165, 1.54) is 24.9 Å². The molecule has 0 aromatic heterocycles. The number of nitrogens with zero attached hydrogens (tertiary/aromatic N) is 1. The summed E-state index contributed by atoms with van der Waals surface area (Å²) in [4.78, 5) is 14.8. The van der Waals surface area contributed by atoms with Crippen LogP contribution in [0.5, 0.6) is 0 Å². The minimum absolute atomic E-state index is 0.0330. The number of anilines is 3. The first-order chi connectivity index (χ1) is 12.1. The molecule has 0 aliphatic carbocycles. The second kappa shape index (κ2) is 8.06. The molecule has 2 aromatic carbocycles. The quantitative estimate of drug-likeness (QED) is 0.848. The summed E-state index contributed by atoms with van der Waals surface area (Å²) in [6.45, 7) is 6.16. The van der Waals surface area contributed by atoms with E-state index in [-0.39, 0.29) is 11.9 Å². The second-order valence-electron chi connectivity index (χ2n) is 6.76. The van der Waals surface area contributed by atoms with Gasteiger partial charge in [-0.3, -0.25) is 4.79 Å². The van der Waals surface area contributed by atoms with Crippen LogP contribution in [-0.2, 0) is 4.79 Å². The minimum atomic E-state index is -0.305. The molecule has 1 aliphatic heterocycles. The Kier molecular flexibility index (Phi) is 5.59. The minimum Gasteiger partial charge on any atom is -0.374 e. The maximum atomic E-state index is 12.4. The van der Waals surface area contributed by atoms with Gasteiger partial charge in [0.25, 0.3) is 0 Å². The molecule has 0 saturated carbocycles. The van der Waals surface area contributed by atoms with Crippen LogP contribution in [0.1, 0.15) is 31.7 Å². The monoisotopic (exact) mass is 337 g/mol. The van der Waals surface area contributed by atoms with Crippen molar-refractivity contribution >= 4 is 23.0 Å². The van der Waals surface area contributed by atoms with Gasteiger partial charge >= 0.3 is 0 Å². The van der Waals surface area contributed by atoms with Crippen LogP contribution < -0.4 is 15.5 Å². The van der Waals surface area contributed by atoms with E-state index in [1.54, 1.807) is 0 Å². The number of piperidine rings is 1. The highest BCUT2D eigenvalue weighted by atomic mass is 16.2. The summed E-state index contributed by atoms with van der Waals surface area (Å²) in [5.41, 5.74) is 4.16. The van der Waals surface area contributed by atoms with E-state index in [0.717, 1.165) is 30.0 Å². The molecule has 0 bridgehead atoms. The fourth-order valence-corrected chi connectivity index (χ4v) is 3.19. The molecule has 0 radical (unpaired) electrons. The topological polar surface area (TPSA) is 44.4 Å². The third-order valence-electron chi connectivity index (χ3n) is 4.77. The van der Waals surface area contributed by atoms with Gasteiger partial charge in [-0.15, -0.1) is 0 Å². The van der Waals surface area contributed by atoms with Gasteiger partial charge in [0.15, 0.2) is 0 Å². The summed E-state index contributed by atoms with van der Waals surface area (Å²) in [5, 5.41) is 6.26. The van der Waals surface area contributed by atoms with E-state index in [4.69, 9.17) is 0 Å². The van der Waals surface area contributed by atoms with Crippen LogP contribution in [0.3, 0.4) is 0 Å². The Bertz CT molecular complexity index is 705. The molecule has 1 amide bonds. The number of amides is 1. The van der Waals surface area contributed by atoms with Crippen LogP contribution in [0.25, 0.3) is 0 Å². The zero-order valence-corrected chi connectivity index (χ0v) is 15.1. The number of benzene rings is 2. The third kappa shape index (κ3) is 4.53. The zero-order valence-electron chi connectivity index (χ0n) is 15.1. The Morgan fingerprint density at radius 3 is 2.36 bits per heavy atom. The number of hydrogen-bond donors (Lipinski definition) is 2. The molecule has 1 heterocycles. The lowest BCUT2D eigenvalue weighted by molar-refractivity contribution is -0.116. The first kappa shape index (κ1) is 17.3. The van der Waals surface area contributed by atoms with Crippen molar-refractivity contribution in [2.75, 3.05) is 28.6 Å². The summed E-state index contributed by atoms with van der Waals surface area (Å²) in [6.07, 6.45) is 3.88.